The molecule has 0 aliphatic heterocycles. The topological polar surface area (TPSA) is 55.1 Å². The van der Waals surface area contributed by atoms with Crippen molar-refractivity contribution in [1.82, 2.24) is 9.55 Å². The molecular formula is C17H15FN2O2. The smallest absolute Gasteiger partial charge is 0.307 e. The Morgan fingerprint density at radius 1 is 1.36 bits per heavy atom. The average molecular weight is 298 g/mol. The lowest BCUT2D eigenvalue weighted by molar-refractivity contribution is -0.136. The van der Waals surface area contributed by atoms with Gasteiger partial charge in [0, 0.05) is 35.5 Å². The number of nitrogens with zero attached hydrogens (tertiary/aromatic N) is 2. The lowest BCUT2D eigenvalue weighted by Crippen LogP contribution is -2.05. The average Bonchev–Trinajstić information content (AvgIpc) is 2.73. The second kappa shape index (κ2) is 5.60. The Kier molecular flexibility index (Phi) is 3.63. The van der Waals surface area contributed by atoms with Gasteiger partial charge in [-0.05, 0) is 42.3 Å². The molecule has 3 aromatic rings. The van der Waals surface area contributed by atoms with Crippen LogP contribution in [-0.2, 0) is 17.8 Å². The molecule has 0 saturated heterocycles. The van der Waals surface area contributed by atoms with E-state index in [0.717, 1.165) is 16.8 Å². The number of halogens is 1. The zero-order valence-corrected chi connectivity index (χ0v) is 12.1. The van der Waals surface area contributed by atoms with Gasteiger partial charge in [0.25, 0.3) is 0 Å². The number of carboxylic acids is 1. The molecule has 0 atom stereocenters. The zero-order valence-electron chi connectivity index (χ0n) is 12.1. The molecule has 0 fully saturated rings. The summed E-state index contributed by atoms with van der Waals surface area (Å²) in [6, 6.07) is 8.30. The third-order valence-corrected chi connectivity index (χ3v) is 3.81. The van der Waals surface area contributed by atoms with E-state index < -0.39 is 5.97 Å². The van der Waals surface area contributed by atoms with E-state index in [-0.39, 0.29) is 12.2 Å². The minimum atomic E-state index is -0.923. The molecule has 5 heteroatoms. The van der Waals surface area contributed by atoms with Crippen molar-refractivity contribution in [3.8, 4) is 0 Å². The summed E-state index contributed by atoms with van der Waals surface area (Å²) in [6.07, 6.45) is 3.35. The fraction of sp³-hybridized carbons (Fsp3) is 0.176. The molecular weight excluding hydrogens is 283 g/mol. The number of aliphatic carboxylic acids is 1. The SMILES string of the molecule is Cc1c(CC(=O)O)c2cc(F)ccc2n1Cc1cccnc1. The molecule has 0 spiro atoms. The van der Waals surface area contributed by atoms with Gasteiger partial charge in [0.2, 0.25) is 0 Å². The molecule has 1 N–H and O–H groups in total. The van der Waals surface area contributed by atoms with E-state index >= 15 is 0 Å². The Morgan fingerprint density at radius 2 is 2.18 bits per heavy atom. The van der Waals surface area contributed by atoms with Crippen molar-refractivity contribution in [3.63, 3.8) is 0 Å². The lowest BCUT2D eigenvalue weighted by Gasteiger charge is -2.08. The van der Waals surface area contributed by atoms with E-state index in [1.807, 2.05) is 23.6 Å². The second-order valence-electron chi connectivity index (χ2n) is 5.24. The first-order chi connectivity index (χ1) is 10.6. The van der Waals surface area contributed by atoms with Gasteiger partial charge in [0.1, 0.15) is 5.82 Å². The number of benzene rings is 1. The molecule has 1 aromatic carbocycles. The molecule has 2 heterocycles. The molecule has 112 valence electrons. The fourth-order valence-corrected chi connectivity index (χ4v) is 2.78. The first kappa shape index (κ1) is 14.3. The number of carbonyl (C=O) groups is 1. The number of hydrogen-bond donors (Lipinski definition) is 1. The predicted octanol–water partition coefficient (Wildman–Crippen LogP) is 3.16. The third-order valence-electron chi connectivity index (χ3n) is 3.81. The third kappa shape index (κ3) is 2.57. The highest BCUT2D eigenvalue weighted by Gasteiger charge is 2.17. The van der Waals surface area contributed by atoms with E-state index in [1.54, 1.807) is 18.5 Å². The summed E-state index contributed by atoms with van der Waals surface area (Å²) in [5, 5.41) is 9.76. The molecule has 22 heavy (non-hydrogen) atoms. The van der Waals surface area contributed by atoms with E-state index in [0.29, 0.717) is 17.5 Å². The van der Waals surface area contributed by atoms with Gasteiger partial charge in [-0.3, -0.25) is 9.78 Å². The largest absolute Gasteiger partial charge is 0.481 e. The normalized spacial score (nSPS) is 11.0. The highest BCUT2D eigenvalue weighted by molar-refractivity contribution is 5.89. The molecule has 0 unspecified atom stereocenters. The van der Waals surface area contributed by atoms with Gasteiger partial charge in [0.15, 0.2) is 0 Å². The number of carboxylic acid groups (broad SMARTS) is 1. The standard InChI is InChI=1S/C17H15FN2O2/c1-11-14(8-17(21)22)15-7-13(18)4-5-16(15)20(11)10-12-3-2-6-19-9-12/h2-7,9H,8,10H2,1H3,(H,21,22). The van der Waals surface area contributed by atoms with Crippen molar-refractivity contribution in [2.45, 2.75) is 19.9 Å². The molecule has 0 aliphatic rings. The maximum absolute atomic E-state index is 13.6. The quantitative estimate of drug-likeness (QED) is 0.805. The molecule has 4 nitrogen and oxygen atoms in total. The maximum Gasteiger partial charge on any atom is 0.307 e. The summed E-state index contributed by atoms with van der Waals surface area (Å²) in [7, 11) is 0. The van der Waals surface area contributed by atoms with Gasteiger partial charge in [0.05, 0.1) is 6.42 Å². The molecule has 2 aromatic heterocycles. The van der Waals surface area contributed by atoms with Crippen LogP contribution in [0.5, 0.6) is 0 Å². The number of rotatable bonds is 4. The van der Waals surface area contributed by atoms with E-state index in [4.69, 9.17) is 5.11 Å². The van der Waals surface area contributed by atoms with Crippen molar-refractivity contribution >= 4 is 16.9 Å². The Hall–Kier alpha value is -2.69. The highest BCUT2D eigenvalue weighted by atomic mass is 19.1. The van der Waals surface area contributed by atoms with Gasteiger partial charge in [-0.15, -0.1) is 0 Å². The van der Waals surface area contributed by atoms with Gasteiger partial charge in [-0.1, -0.05) is 6.07 Å². The van der Waals surface area contributed by atoms with Crippen molar-refractivity contribution < 1.29 is 14.3 Å². The van der Waals surface area contributed by atoms with E-state index in [9.17, 15) is 9.18 Å². The van der Waals surface area contributed by atoms with Crippen LogP contribution in [0.3, 0.4) is 0 Å². The number of fused-ring (bicyclic) bond motifs is 1. The summed E-state index contributed by atoms with van der Waals surface area (Å²) < 4.78 is 15.6. The van der Waals surface area contributed by atoms with Gasteiger partial charge < -0.3 is 9.67 Å². The van der Waals surface area contributed by atoms with Crippen LogP contribution in [0.2, 0.25) is 0 Å². The Morgan fingerprint density at radius 3 is 2.86 bits per heavy atom. The van der Waals surface area contributed by atoms with E-state index in [2.05, 4.69) is 4.98 Å². The fourth-order valence-electron chi connectivity index (χ4n) is 2.78. The summed E-state index contributed by atoms with van der Waals surface area (Å²) in [5.41, 5.74) is 3.34. The van der Waals surface area contributed by atoms with Crippen molar-refractivity contribution in [3.05, 3.63) is 65.4 Å². The van der Waals surface area contributed by atoms with Crippen LogP contribution >= 0.6 is 0 Å². The maximum atomic E-state index is 13.6. The molecule has 0 aliphatic carbocycles. The summed E-state index contributed by atoms with van der Waals surface area (Å²) in [5.74, 6) is -1.29. The van der Waals surface area contributed by atoms with Crippen LogP contribution in [0.25, 0.3) is 10.9 Å². The van der Waals surface area contributed by atoms with Crippen LogP contribution in [0.4, 0.5) is 4.39 Å². The molecule has 3 rings (SSSR count). The van der Waals surface area contributed by atoms with Crippen LogP contribution < -0.4 is 0 Å². The highest BCUT2D eigenvalue weighted by Crippen LogP contribution is 2.28. The Bertz CT molecular complexity index is 841. The van der Waals surface area contributed by atoms with Gasteiger partial charge in [-0.2, -0.15) is 0 Å². The summed E-state index contributed by atoms with van der Waals surface area (Å²) in [6.45, 7) is 2.44. The van der Waals surface area contributed by atoms with Crippen LogP contribution in [0.1, 0.15) is 16.8 Å². The number of pyridine rings is 1. The summed E-state index contributed by atoms with van der Waals surface area (Å²) in [4.78, 5) is 15.2. The van der Waals surface area contributed by atoms with Gasteiger partial charge >= 0.3 is 5.97 Å². The lowest BCUT2D eigenvalue weighted by atomic mass is 10.1. The van der Waals surface area contributed by atoms with Crippen molar-refractivity contribution in [2.75, 3.05) is 0 Å². The monoisotopic (exact) mass is 298 g/mol. The summed E-state index contributed by atoms with van der Waals surface area (Å²) >= 11 is 0. The Balaban J connectivity index is 2.17. The van der Waals surface area contributed by atoms with E-state index in [1.165, 1.54) is 12.1 Å². The van der Waals surface area contributed by atoms with Crippen molar-refractivity contribution in [1.29, 1.82) is 0 Å². The Labute approximate surface area is 126 Å². The molecule has 0 radical (unpaired) electrons. The van der Waals surface area contributed by atoms with Crippen LogP contribution in [0.15, 0.2) is 42.7 Å². The van der Waals surface area contributed by atoms with Crippen LogP contribution in [0, 0.1) is 12.7 Å². The molecule has 0 bridgehead atoms. The first-order valence-electron chi connectivity index (χ1n) is 6.94. The van der Waals surface area contributed by atoms with Gasteiger partial charge in [-0.25, -0.2) is 4.39 Å². The van der Waals surface area contributed by atoms with Crippen LogP contribution in [-0.4, -0.2) is 20.6 Å². The van der Waals surface area contributed by atoms with Crippen molar-refractivity contribution in [2.24, 2.45) is 0 Å². The number of hydrogen-bond acceptors (Lipinski definition) is 2. The zero-order chi connectivity index (χ0) is 15.7. The predicted molar refractivity (Wildman–Crippen MR) is 81.3 cm³/mol. The minimum absolute atomic E-state index is 0.119. The molecule has 0 amide bonds. The molecule has 0 saturated carbocycles. The number of aromatic nitrogens is 2. The second-order valence-corrected chi connectivity index (χ2v) is 5.24. The minimum Gasteiger partial charge on any atom is -0.481 e. The first-order valence-corrected chi connectivity index (χ1v) is 6.94.